The van der Waals surface area contributed by atoms with Crippen LogP contribution in [0.3, 0.4) is 0 Å². The lowest BCUT2D eigenvalue weighted by Gasteiger charge is -2.07. The van der Waals surface area contributed by atoms with Crippen LogP contribution in [0.15, 0.2) is 61.4 Å². The van der Waals surface area contributed by atoms with Crippen molar-refractivity contribution in [2.24, 2.45) is 0 Å². The smallest absolute Gasteiger partial charge is 0.410 e. The second-order valence-electron chi connectivity index (χ2n) is 3.57. The van der Waals surface area contributed by atoms with E-state index in [2.05, 4.69) is 25.4 Å². The molecule has 1 aromatic carbocycles. The molecule has 3 nitrogen and oxygen atoms in total. The first-order valence-corrected chi connectivity index (χ1v) is 5.72. The van der Waals surface area contributed by atoms with Gasteiger partial charge in [0.15, 0.2) is 0 Å². The van der Waals surface area contributed by atoms with E-state index >= 15 is 0 Å². The monoisotopic (exact) mass is 243 g/mol. The van der Waals surface area contributed by atoms with Gasteiger partial charge in [-0.3, -0.25) is 5.32 Å². The fraction of sp³-hybridized carbons (Fsp3) is 0.133. The van der Waals surface area contributed by atoms with Crippen LogP contribution in [-0.4, -0.2) is 6.09 Å². The molecule has 18 heavy (non-hydrogen) atoms. The zero-order chi connectivity index (χ0) is 13.4. The number of nitrogens with one attached hydrogen (secondary N) is 1. The molecule has 0 saturated carbocycles. The van der Waals surface area contributed by atoms with Gasteiger partial charge in [-0.2, -0.15) is 0 Å². The van der Waals surface area contributed by atoms with Crippen molar-refractivity contribution in [3.8, 4) is 0 Å². The molecule has 1 rings (SSSR count). The van der Waals surface area contributed by atoms with Gasteiger partial charge in [-0.05, 0) is 36.3 Å². The molecular weight excluding hydrogens is 226 g/mol. The van der Waals surface area contributed by atoms with Crippen LogP contribution in [0.2, 0.25) is 0 Å². The van der Waals surface area contributed by atoms with Gasteiger partial charge in [0, 0.05) is 5.69 Å². The van der Waals surface area contributed by atoms with E-state index in [1.165, 1.54) is 17.7 Å². The Morgan fingerprint density at radius 3 is 2.50 bits per heavy atom. The third-order valence-corrected chi connectivity index (χ3v) is 2.30. The van der Waals surface area contributed by atoms with Crippen molar-refractivity contribution in [3.05, 3.63) is 67.0 Å². The number of benzene rings is 1. The summed E-state index contributed by atoms with van der Waals surface area (Å²) >= 11 is 0. The second-order valence-corrected chi connectivity index (χ2v) is 3.57. The lowest BCUT2D eigenvalue weighted by molar-refractivity contribution is 0.195. The van der Waals surface area contributed by atoms with Gasteiger partial charge in [-0.15, -0.1) is 0 Å². The number of amides is 1. The maximum absolute atomic E-state index is 11.6. The van der Waals surface area contributed by atoms with Crippen LogP contribution in [0.5, 0.6) is 0 Å². The number of rotatable bonds is 5. The van der Waals surface area contributed by atoms with Gasteiger partial charge in [0.05, 0.1) is 0 Å². The van der Waals surface area contributed by atoms with Crippen LogP contribution in [0, 0.1) is 0 Å². The molecule has 0 aliphatic heterocycles. The first-order chi connectivity index (χ1) is 8.69. The number of aryl methyl sites for hydroxylation is 1. The zero-order valence-electron chi connectivity index (χ0n) is 10.5. The Balaban J connectivity index is 2.61. The average molecular weight is 243 g/mol. The molecule has 1 N–H and O–H groups in total. The summed E-state index contributed by atoms with van der Waals surface area (Å²) in [5, 5.41) is 2.63. The Morgan fingerprint density at radius 1 is 1.33 bits per heavy atom. The van der Waals surface area contributed by atoms with E-state index in [0.29, 0.717) is 11.4 Å². The molecule has 0 aromatic heterocycles. The molecule has 0 bridgehead atoms. The minimum atomic E-state index is -0.549. The lowest BCUT2D eigenvalue weighted by atomic mass is 10.1. The number of allylic oxidation sites excluding steroid dienone is 3. The van der Waals surface area contributed by atoms with E-state index in [1.807, 2.05) is 24.3 Å². The molecule has 0 heterocycles. The molecule has 94 valence electrons. The Labute approximate surface area is 107 Å². The van der Waals surface area contributed by atoms with Gasteiger partial charge in [0.1, 0.15) is 5.76 Å². The predicted molar refractivity (Wildman–Crippen MR) is 74.4 cm³/mol. The summed E-state index contributed by atoms with van der Waals surface area (Å²) in [6.07, 6.45) is 4.95. The zero-order valence-corrected chi connectivity index (χ0v) is 10.5. The third-order valence-electron chi connectivity index (χ3n) is 2.30. The van der Waals surface area contributed by atoms with Gasteiger partial charge < -0.3 is 4.74 Å². The van der Waals surface area contributed by atoms with Crippen molar-refractivity contribution in [1.82, 2.24) is 0 Å². The molecule has 0 radical (unpaired) electrons. The fourth-order valence-electron chi connectivity index (χ4n) is 1.33. The summed E-state index contributed by atoms with van der Waals surface area (Å²) in [7, 11) is 0. The number of carbonyl (C=O) groups is 1. The first kappa shape index (κ1) is 13.8. The Kier molecular flexibility index (Phi) is 5.45. The van der Waals surface area contributed by atoms with Gasteiger partial charge in [-0.25, -0.2) is 4.79 Å². The SMILES string of the molecule is C=C/C=C(\C=C)OC(=O)Nc1ccc(CC)cc1. The van der Waals surface area contributed by atoms with E-state index in [9.17, 15) is 4.79 Å². The Hall–Kier alpha value is -2.29. The van der Waals surface area contributed by atoms with Crippen LogP contribution in [0.1, 0.15) is 12.5 Å². The van der Waals surface area contributed by atoms with E-state index in [4.69, 9.17) is 4.74 Å². The van der Waals surface area contributed by atoms with Crippen molar-refractivity contribution in [1.29, 1.82) is 0 Å². The minimum Gasteiger partial charge on any atom is -0.410 e. The third kappa shape index (κ3) is 4.29. The average Bonchev–Trinajstić information content (AvgIpc) is 2.39. The highest BCUT2D eigenvalue weighted by molar-refractivity contribution is 5.85. The number of ether oxygens (including phenoxy) is 1. The van der Waals surface area contributed by atoms with Crippen molar-refractivity contribution >= 4 is 11.8 Å². The standard InChI is InChI=1S/C15H17NO2/c1-4-7-14(6-3)18-15(17)16-13-10-8-12(5-2)9-11-13/h4,6-11H,1,3,5H2,2H3,(H,16,17)/b14-7+. The van der Waals surface area contributed by atoms with Crippen LogP contribution in [-0.2, 0) is 11.2 Å². The maximum atomic E-state index is 11.6. The summed E-state index contributed by atoms with van der Waals surface area (Å²) in [5.41, 5.74) is 1.91. The molecule has 0 aliphatic carbocycles. The first-order valence-electron chi connectivity index (χ1n) is 5.72. The van der Waals surface area contributed by atoms with Gasteiger partial charge >= 0.3 is 6.09 Å². The molecule has 0 spiro atoms. The van der Waals surface area contributed by atoms with Crippen LogP contribution in [0.25, 0.3) is 0 Å². The highest BCUT2D eigenvalue weighted by Crippen LogP contribution is 2.11. The van der Waals surface area contributed by atoms with E-state index in [-0.39, 0.29) is 0 Å². The predicted octanol–water partition coefficient (Wildman–Crippen LogP) is 4.05. The Morgan fingerprint density at radius 2 is 2.00 bits per heavy atom. The lowest BCUT2D eigenvalue weighted by Crippen LogP contribution is -2.12. The summed E-state index contributed by atoms with van der Waals surface area (Å²) in [5.74, 6) is 0.354. The van der Waals surface area contributed by atoms with Gasteiger partial charge in [-0.1, -0.05) is 38.3 Å². The molecule has 0 unspecified atom stereocenters. The highest BCUT2D eigenvalue weighted by Gasteiger charge is 2.04. The summed E-state index contributed by atoms with van der Waals surface area (Å²) in [4.78, 5) is 11.6. The number of hydrogen-bond donors (Lipinski definition) is 1. The van der Waals surface area contributed by atoms with E-state index < -0.39 is 6.09 Å². The molecule has 0 atom stereocenters. The minimum absolute atomic E-state index is 0.354. The summed E-state index contributed by atoms with van der Waals surface area (Å²) < 4.78 is 5.02. The molecular formula is C15H17NO2. The van der Waals surface area contributed by atoms with Crippen LogP contribution in [0.4, 0.5) is 10.5 Å². The second kappa shape index (κ2) is 7.12. The molecule has 1 aromatic rings. The highest BCUT2D eigenvalue weighted by atomic mass is 16.6. The molecule has 0 aliphatic rings. The topological polar surface area (TPSA) is 38.3 Å². The largest absolute Gasteiger partial charge is 0.417 e. The number of anilines is 1. The van der Waals surface area contributed by atoms with Crippen molar-refractivity contribution in [2.45, 2.75) is 13.3 Å². The Bertz CT molecular complexity index is 458. The molecule has 0 fully saturated rings. The van der Waals surface area contributed by atoms with Crippen molar-refractivity contribution in [2.75, 3.05) is 5.32 Å². The number of hydrogen-bond acceptors (Lipinski definition) is 2. The van der Waals surface area contributed by atoms with E-state index in [1.54, 1.807) is 6.08 Å². The van der Waals surface area contributed by atoms with Gasteiger partial charge in [0.2, 0.25) is 0 Å². The normalized spacial score (nSPS) is 10.6. The van der Waals surface area contributed by atoms with Crippen LogP contribution >= 0.6 is 0 Å². The van der Waals surface area contributed by atoms with Crippen molar-refractivity contribution < 1.29 is 9.53 Å². The summed E-state index contributed by atoms with van der Waals surface area (Å²) in [6.45, 7) is 9.14. The summed E-state index contributed by atoms with van der Waals surface area (Å²) in [6, 6.07) is 7.60. The maximum Gasteiger partial charge on any atom is 0.417 e. The fourth-order valence-corrected chi connectivity index (χ4v) is 1.33. The number of carbonyl (C=O) groups excluding carboxylic acids is 1. The van der Waals surface area contributed by atoms with E-state index in [0.717, 1.165) is 6.42 Å². The molecule has 3 heteroatoms. The van der Waals surface area contributed by atoms with Gasteiger partial charge in [0.25, 0.3) is 0 Å². The quantitative estimate of drug-likeness (QED) is 0.625. The molecule has 1 amide bonds. The molecule has 0 saturated heterocycles. The van der Waals surface area contributed by atoms with Crippen molar-refractivity contribution in [3.63, 3.8) is 0 Å². The van der Waals surface area contributed by atoms with Crippen LogP contribution < -0.4 is 5.32 Å².